The molecule has 28 heavy (non-hydrogen) atoms. The number of carbonyl (C=O) groups excluding carboxylic acids is 1. The van der Waals surface area contributed by atoms with E-state index in [0.717, 1.165) is 6.42 Å². The number of aromatic nitrogens is 3. The minimum absolute atomic E-state index is 0.0297. The molecule has 144 valence electrons. The van der Waals surface area contributed by atoms with Crippen LogP contribution in [0, 0.1) is 0 Å². The van der Waals surface area contributed by atoms with Crippen molar-refractivity contribution in [3.63, 3.8) is 0 Å². The van der Waals surface area contributed by atoms with Crippen LogP contribution < -0.4 is 5.69 Å². The summed E-state index contributed by atoms with van der Waals surface area (Å²) in [6, 6.07) is 18.7. The largest absolute Gasteiger partial charge is 0.345 e. The van der Waals surface area contributed by atoms with Gasteiger partial charge >= 0.3 is 5.69 Å². The van der Waals surface area contributed by atoms with Gasteiger partial charge in [0.2, 0.25) is 5.91 Å². The van der Waals surface area contributed by atoms with E-state index in [9.17, 15) is 9.59 Å². The quantitative estimate of drug-likeness (QED) is 0.704. The van der Waals surface area contributed by atoms with Crippen LogP contribution in [0.3, 0.4) is 0 Å². The molecule has 6 nitrogen and oxygen atoms in total. The van der Waals surface area contributed by atoms with Crippen LogP contribution in [0.25, 0.3) is 0 Å². The van der Waals surface area contributed by atoms with Gasteiger partial charge in [-0.2, -0.15) is 5.10 Å². The van der Waals surface area contributed by atoms with Crippen molar-refractivity contribution in [2.24, 2.45) is 7.05 Å². The van der Waals surface area contributed by atoms with E-state index >= 15 is 0 Å². The summed E-state index contributed by atoms with van der Waals surface area (Å²) in [6.45, 7) is 2.68. The van der Waals surface area contributed by atoms with Gasteiger partial charge in [0.05, 0.1) is 0 Å². The normalized spacial score (nSPS) is 19.1. The molecule has 0 N–H and O–H groups in total. The molecular formula is C22H24N4O2. The molecule has 4 rings (SSSR count). The summed E-state index contributed by atoms with van der Waals surface area (Å²) in [5.41, 5.74) is 3.45. The maximum atomic E-state index is 13.1. The second-order valence-corrected chi connectivity index (χ2v) is 7.35. The first-order valence-electron chi connectivity index (χ1n) is 9.57. The van der Waals surface area contributed by atoms with Gasteiger partial charge in [0.25, 0.3) is 0 Å². The molecule has 2 heterocycles. The minimum Gasteiger partial charge on any atom is -0.337 e. The van der Waals surface area contributed by atoms with E-state index in [1.807, 2.05) is 23.1 Å². The number of rotatable bonds is 3. The number of hydrogen-bond acceptors (Lipinski definition) is 3. The number of aryl methyl sites for hydroxylation is 1. The van der Waals surface area contributed by atoms with E-state index in [4.69, 9.17) is 0 Å². The van der Waals surface area contributed by atoms with E-state index in [1.165, 1.54) is 32.3 Å². The van der Waals surface area contributed by atoms with Crippen LogP contribution in [0.4, 0.5) is 0 Å². The maximum Gasteiger partial charge on any atom is 0.345 e. The first kappa shape index (κ1) is 18.2. The number of carbonyl (C=O) groups is 1. The highest BCUT2D eigenvalue weighted by Crippen LogP contribution is 2.35. The number of hydrogen-bond donors (Lipinski definition) is 0. The fourth-order valence-corrected chi connectivity index (χ4v) is 4.17. The average molecular weight is 376 g/mol. The lowest BCUT2D eigenvalue weighted by atomic mass is 9.83. The highest BCUT2D eigenvalue weighted by molar-refractivity contribution is 5.76. The molecule has 0 radical (unpaired) electrons. The van der Waals surface area contributed by atoms with Crippen molar-refractivity contribution in [2.45, 2.75) is 31.8 Å². The van der Waals surface area contributed by atoms with Crippen molar-refractivity contribution >= 4 is 5.91 Å². The summed E-state index contributed by atoms with van der Waals surface area (Å²) >= 11 is 0. The second kappa shape index (κ2) is 7.46. The van der Waals surface area contributed by atoms with Gasteiger partial charge in [-0.15, -0.1) is 0 Å². The SMILES string of the molecule is CC1C(c2ccccc2)c2ccccc2CCN1C(=O)Cn1ncn(C)c1=O. The van der Waals surface area contributed by atoms with Crippen LogP contribution in [0.1, 0.15) is 29.5 Å². The fourth-order valence-electron chi connectivity index (χ4n) is 4.17. The maximum absolute atomic E-state index is 13.1. The van der Waals surface area contributed by atoms with Crippen LogP contribution >= 0.6 is 0 Å². The van der Waals surface area contributed by atoms with Crippen LogP contribution in [-0.2, 0) is 24.8 Å². The van der Waals surface area contributed by atoms with Crippen molar-refractivity contribution in [3.8, 4) is 0 Å². The third-order valence-corrected chi connectivity index (χ3v) is 5.64. The Bertz CT molecular complexity index is 1040. The molecule has 2 unspecified atom stereocenters. The first-order chi connectivity index (χ1) is 13.6. The molecule has 0 saturated heterocycles. The fraction of sp³-hybridized carbons (Fsp3) is 0.318. The number of nitrogens with zero attached hydrogens (tertiary/aromatic N) is 4. The molecular weight excluding hydrogens is 352 g/mol. The molecule has 1 aliphatic heterocycles. The highest BCUT2D eigenvalue weighted by atomic mass is 16.2. The Morgan fingerprint density at radius 3 is 2.54 bits per heavy atom. The first-order valence-corrected chi connectivity index (χ1v) is 9.57. The molecule has 6 heteroatoms. The molecule has 0 bridgehead atoms. The van der Waals surface area contributed by atoms with Crippen molar-refractivity contribution < 1.29 is 4.79 Å². The molecule has 2 aromatic carbocycles. The van der Waals surface area contributed by atoms with Crippen molar-refractivity contribution in [3.05, 3.63) is 88.1 Å². The van der Waals surface area contributed by atoms with Crippen molar-refractivity contribution in [2.75, 3.05) is 6.54 Å². The Morgan fingerprint density at radius 2 is 1.82 bits per heavy atom. The van der Waals surface area contributed by atoms with Gasteiger partial charge in [-0.3, -0.25) is 9.36 Å². The molecule has 3 aromatic rings. The Balaban J connectivity index is 1.70. The third kappa shape index (κ3) is 3.26. The Morgan fingerprint density at radius 1 is 1.11 bits per heavy atom. The lowest BCUT2D eigenvalue weighted by molar-refractivity contribution is -0.134. The molecule has 0 fully saturated rings. The molecule has 1 amide bonds. The smallest absolute Gasteiger partial charge is 0.337 e. The highest BCUT2D eigenvalue weighted by Gasteiger charge is 2.33. The average Bonchev–Trinajstić information content (AvgIpc) is 2.94. The van der Waals surface area contributed by atoms with E-state index in [2.05, 4.69) is 48.4 Å². The molecule has 1 aromatic heterocycles. The summed E-state index contributed by atoms with van der Waals surface area (Å²) in [6.07, 6.45) is 2.23. The molecule has 0 saturated carbocycles. The zero-order chi connectivity index (χ0) is 19.7. The predicted octanol–water partition coefficient (Wildman–Crippen LogP) is 2.19. The van der Waals surface area contributed by atoms with Gasteiger partial charge in [-0.05, 0) is 30.0 Å². The minimum atomic E-state index is -0.279. The van der Waals surface area contributed by atoms with Gasteiger partial charge in [-0.25, -0.2) is 9.48 Å². The van der Waals surface area contributed by atoms with Gasteiger partial charge in [0.1, 0.15) is 12.9 Å². The summed E-state index contributed by atoms with van der Waals surface area (Å²) in [5.74, 6) is 0.00587. The standard InChI is InChI=1S/C22H24N4O2/c1-16-21(18-9-4-3-5-10-18)19-11-7-6-8-17(19)12-13-25(16)20(27)14-26-22(28)24(2)15-23-26/h3-11,15-16,21H,12-14H2,1-2H3. The van der Waals surface area contributed by atoms with Gasteiger partial charge in [0.15, 0.2) is 0 Å². The summed E-state index contributed by atoms with van der Waals surface area (Å²) < 4.78 is 2.60. The Kier molecular flexibility index (Phi) is 4.86. The molecule has 0 aliphatic carbocycles. The van der Waals surface area contributed by atoms with E-state index in [1.54, 1.807) is 7.05 Å². The monoisotopic (exact) mass is 376 g/mol. The number of benzene rings is 2. The van der Waals surface area contributed by atoms with Gasteiger partial charge < -0.3 is 4.90 Å². The Labute approximate surface area is 164 Å². The molecule has 2 atom stereocenters. The van der Waals surface area contributed by atoms with E-state index < -0.39 is 0 Å². The van der Waals surface area contributed by atoms with Crippen LogP contribution in [0.2, 0.25) is 0 Å². The lowest BCUT2D eigenvalue weighted by Gasteiger charge is -2.33. The third-order valence-electron chi connectivity index (χ3n) is 5.64. The van der Waals surface area contributed by atoms with Crippen LogP contribution in [0.5, 0.6) is 0 Å². The molecule has 1 aliphatic rings. The number of amides is 1. The zero-order valence-corrected chi connectivity index (χ0v) is 16.2. The summed E-state index contributed by atoms with van der Waals surface area (Å²) in [7, 11) is 1.63. The van der Waals surface area contributed by atoms with Crippen LogP contribution in [-0.4, -0.2) is 37.7 Å². The lowest BCUT2D eigenvalue weighted by Crippen LogP contribution is -2.44. The summed E-state index contributed by atoms with van der Waals surface area (Å²) in [4.78, 5) is 27.1. The van der Waals surface area contributed by atoms with E-state index in [0.29, 0.717) is 6.54 Å². The van der Waals surface area contributed by atoms with Gasteiger partial charge in [0, 0.05) is 25.6 Å². The number of fused-ring (bicyclic) bond motifs is 1. The summed E-state index contributed by atoms with van der Waals surface area (Å²) in [5, 5.41) is 4.03. The zero-order valence-electron chi connectivity index (χ0n) is 16.2. The predicted molar refractivity (Wildman–Crippen MR) is 107 cm³/mol. The molecule has 0 spiro atoms. The topological polar surface area (TPSA) is 60.1 Å². The Hall–Kier alpha value is -3.15. The van der Waals surface area contributed by atoms with Crippen molar-refractivity contribution in [1.29, 1.82) is 0 Å². The second-order valence-electron chi connectivity index (χ2n) is 7.35. The van der Waals surface area contributed by atoms with Crippen LogP contribution in [0.15, 0.2) is 65.7 Å². The van der Waals surface area contributed by atoms with Gasteiger partial charge in [-0.1, -0.05) is 54.6 Å². The van der Waals surface area contributed by atoms with E-state index in [-0.39, 0.29) is 30.1 Å². The van der Waals surface area contributed by atoms with Crippen molar-refractivity contribution in [1.82, 2.24) is 19.2 Å².